The molecule has 6 nitrogen and oxygen atoms in total. The normalized spacial score (nSPS) is 11.7. The van der Waals surface area contributed by atoms with E-state index in [1.54, 1.807) is 19.1 Å². The van der Waals surface area contributed by atoms with E-state index in [1.807, 2.05) is 57.2 Å². The van der Waals surface area contributed by atoms with Gasteiger partial charge in [0.25, 0.3) is 5.91 Å². The molecule has 0 radical (unpaired) electrons. The number of aryl methyl sites for hydroxylation is 3. The number of nitrogens with zero attached hydrogens (tertiary/aromatic N) is 1. The van der Waals surface area contributed by atoms with Gasteiger partial charge in [0.05, 0.1) is 11.3 Å². The molecule has 2 aromatic carbocycles. The summed E-state index contributed by atoms with van der Waals surface area (Å²) in [6.07, 6.45) is -0.482. The van der Waals surface area contributed by atoms with Crippen LogP contribution in [-0.2, 0) is 9.53 Å². The fourth-order valence-electron chi connectivity index (χ4n) is 2.89. The Morgan fingerprint density at radius 2 is 1.76 bits per heavy atom. The van der Waals surface area contributed by atoms with Crippen LogP contribution in [0.3, 0.4) is 0 Å². The quantitative estimate of drug-likeness (QED) is 0.603. The van der Waals surface area contributed by atoms with Crippen molar-refractivity contribution >= 4 is 17.6 Å². The van der Waals surface area contributed by atoms with Crippen molar-refractivity contribution in [3.63, 3.8) is 0 Å². The van der Waals surface area contributed by atoms with Crippen molar-refractivity contribution in [3.8, 4) is 11.4 Å². The Morgan fingerprint density at radius 1 is 1.07 bits per heavy atom. The number of carbonyl (C=O) groups excluding carboxylic acids is 2. The van der Waals surface area contributed by atoms with E-state index in [2.05, 4.69) is 15.3 Å². The molecule has 0 aliphatic carbocycles. The van der Waals surface area contributed by atoms with Gasteiger partial charge in [-0.25, -0.2) is 9.78 Å². The number of nitrogens with one attached hydrogen (secondary N) is 2. The van der Waals surface area contributed by atoms with E-state index < -0.39 is 12.1 Å². The SMILES string of the molecule is CCC(OC(=O)c1ccc(-c2nc(C)c(C)[nH]2)cc1)C(=O)Nc1ccccc1C. The fourth-order valence-corrected chi connectivity index (χ4v) is 2.89. The van der Waals surface area contributed by atoms with Gasteiger partial charge in [-0.15, -0.1) is 0 Å². The summed E-state index contributed by atoms with van der Waals surface area (Å²) in [6, 6.07) is 14.4. The molecule has 1 aromatic heterocycles. The molecular formula is C23H25N3O3. The van der Waals surface area contributed by atoms with Gasteiger partial charge < -0.3 is 15.0 Å². The van der Waals surface area contributed by atoms with Crippen molar-refractivity contribution in [2.45, 2.75) is 40.2 Å². The highest BCUT2D eigenvalue weighted by molar-refractivity contribution is 5.98. The number of esters is 1. The second-order valence-corrected chi connectivity index (χ2v) is 6.98. The smallest absolute Gasteiger partial charge is 0.338 e. The van der Waals surface area contributed by atoms with Crippen LogP contribution in [-0.4, -0.2) is 27.9 Å². The second-order valence-electron chi connectivity index (χ2n) is 6.98. The minimum absolute atomic E-state index is 0.340. The molecule has 0 saturated heterocycles. The van der Waals surface area contributed by atoms with Crippen LogP contribution in [0.25, 0.3) is 11.4 Å². The number of imidazole rings is 1. The average Bonchev–Trinajstić information content (AvgIpc) is 3.06. The summed E-state index contributed by atoms with van der Waals surface area (Å²) in [6.45, 7) is 7.62. The monoisotopic (exact) mass is 391 g/mol. The van der Waals surface area contributed by atoms with E-state index in [9.17, 15) is 9.59 Å². The first-order valence-corrected chi connectivity index (χ1v) is 9.60. The number of benzene rings is 2. The molecule has 1 atom stereocenters. The first kappa shape index (κ1) is 20.3. The first-order chi connectivity index (χ1) is 13.9. The van der Waals surface area contributed by atoms with Crippen LogP contribution in [0.4, 0.5) is 5.69 Å². The predicted octanol–water partition coefficient (Wildman–Crippen LogP) is 4.58. The van der Waals surface area contributed by atoms with Crippen molar-refractivity contribution < 1.29 is 14.3 Å². The standard InChI is InChI=1S/C23H25N3O3/c1-5-20(22(27)26-19-9-7-6-8-14(19)2)29-23(28)18-12-10-17(11-13-18)21-24-15(3)16(4)25-21/h6-13,20H,5H2,1-4H3,(H,24,25)(H,26,27). The maximum absolute atomic E-state index is 12.5. The molecule has 1 unspecified atom stereocenters. The number of anilines is 1. The van der Waals surface area contributed by atoms with Gasteiger partial charge in [-0.1, -0.05) is 37.3 Å². The lowest BCUT2D eigenvalue weighted by Gasteiger charge is -2.17. The lowest BCUT2D eigenvalue weighted by molar-refractivity contribution is -0.124. The topological polar surface area (TPSA) is 84.1 Å². The maximum Gasteiger partial charge on any atom is 0.338 e. The number of aromatic nitrogens is 2. The Balaban J connectivity index is 1.67. The fraction of sp³-hybridized carbons (Fsp3) is 0.261. The Morgan fingerprint density at radius 3 is 2.34 bits per heavy atom. The Labute approximate surface area is 170 Å². The Hall–Kier alpha value is -3.41. The van der Waals surface area contributed by atoms with E-state index >= 15 is 0 Å². The van der Waals surface area contributed by atoms with Crippen molar-refractivity contribution in [3.05, 3.63) is 71.0 Å². The van der Waals surface area contributed by atoms with Crippen LogP contribution in [0.15, 0.2) is 48.5 Å². The maximum atomic E-state index is 12.5. The average molecular weight is 391 g/mol. The first-order valence-electron chi connectivity index (χ1n) is 9.60. The third kappa shape index (κ3) is 4.71. The number of para-hydroxylation sites is 1. The van der Waals surface area contributed by atoms with Crippen LogP contribution in [0, 0.1) is 20.8 Å². The van der Waals surface area contributed by atoms with E-state index in [0.29, 0.717) is 17.7 Å². The zero-order valence-corrected chi connectivity index (χ0v) is 17.1. The zero-order chi connectivity index (χ0) is 21.0. The summed E-state index contributed by atoms with van der Waals surface area (Å²) in [7, 11) is 0. The van der Waals surface area contributed by atoms with Crippen LogP contribution >= 0.6 is 0 Å². The lowest BCUT2D eigenvalue weighted by atomic mass is 10.1. The molecule has 0 aliphatic heterocycles. The van der Waals surface area contributed by atoms with Gasteiger partial charge >= 0.3 is 5.97 Å². The molecule has 1 amide bonds. The predicted molar refractivity (Wildman–Crippen MR) is 113 cm³/mol. The third-order valence-corrected chi connectivity index (χ3v) is 4.84. The summed E-state index contributed by atoms with van der Waals surface area (Å²) in [5.74, 6) is -0.118. The van der Waals surface area contributed by atoms with Crippen molar-refractivity contribution in [2.75, 3.05) is 5.32 Å². The van der Waals surface area contributed by atoms with Gasteiger partial charge in [0.2, 0.25) is 0 Å². The molecule has 1 heterocycles. The molecule has 29 heavy (non-hydrogen) atoms. The molecule has 0 spiro atoms. The second kappa shape index (κ2) is 8.73. The van der Waals surface area contributed by atoms with Gasteiger partial charge in [0.1, 0.15) is 5.82 Å². The van der Waals surface area contributed by atoms with Gasteiger partial charge in [-0.05, 0) is 51.0 Å². The van der Waals surface area contributed by atoms with E-state index in [-0.39, 0.29) is 5.91 Å². The van der Waals surface area contributed by atoms with Crippen molar-refractivity contribution in [1.82, 2.24) is 9.97 Å². The number of hydrogen-bond acceptors (Lipinski definition) is 4. The molecule has 0 bridgehead atoms. The van der Waals surface area contributed by atoms with Crippen LogP contribution < -0.4 is 5.32 Å². The zero-order valence-electron chi connectivity index (χ0n) is 17.1. The number of aromatic amines is 1. The van der Waals surface area contributed by atoms with Gasteiger partial charge in [0, 0.05) is 16.9 Å². The number of ether oxygens (including phenoxy) is 1. The minimum Gasteiger partial charge on any atom is -0.449 e. The highest BCUT2D eigenvalue weighted by Gasteiger charge is 2.22. The molecule has 6 heteroatoms. The molecule has 150 valence electrons. The van der Waals surface area contributed by atoms with E-state index in [1.165, 1.54) is 0 Å². The summed E-state index contributed by atoms with van der Waals surface area (Å²) in [5.41, 5.74) is 4.86. The van der Waals surface area contributed by atoms with Crippen molar-refractivity contribution in [2.24, 2.45) is 0 Å². The largest absolute Gasteiger partial charge is 0.449 e. The highest BCUT2D eigenvalue weighted by atomic mass is 16.5. The number of carbonyl (C=O) groups is 2. The molecular weight excluding hydrogens is 366 g/mol. The van der Waals surface area contributed by atoms with Crippen LogP contribution in [0.1, 0.15) is 40.7 Å². The summed E-state index contributed by atoms with van der Waals surface area (Å²) in [4.78, 5) is 32.7. The molecule has 0 aliphatic rings. The van der Waals surface area contributed by atoms with Crippen molar-refractivity contribution in [1.29, 1.82) is 0 Å². The number of amides is 1. The molecule has 3 aromatic rings. The summed E-state index contributed by atoms with van der Waals surface area (Å²) >= 11 is 0. The lowest BCUT2D eigenvalue weighted by Crippen LogP contribution is -2.32. The number of H-pyrrole nitrogens is 1. The van der Waals surface area contributed by atoms with Crippen LogP contribution in [0.5, 0.6) is 0 Å². The Bertz CT molecular complexity index is 1000. The van der Waals surface area contributed by atoms with Gasteiger partial charge in [0.15, 0.2) is 6.10 Å². The van der Waals surface area contributed by atoms with E-state index in [4.69, 9.17) is 4.74 Å². The van der Waals surface area contributed by atoms with Gasteiger partial charge in [-0.2, -0.15) is 0 Å². The number of rotatable bonds is 6. The molecule has 0 fully saturated rings. The van der Waals surface area contributed by atoms with E-state index in [0.717, 1.165) is 28.3 Å². The minimum atomic E-state index is -0.864. The van der Waals surface area contributed by atoms with Gasteiger partial charge in [-0.3, -0.25) is 4.79 Å². The Kier molecular flexibility index (Phi) is 6.12. The van der Waals surface area contributed by atoms with Crippen LogP contribution in [0.2, 0.25) is 0 Å². The summed E-state index contributed by atoms with van der Waals surface area (Å²) in [5, 5.41) is 2.83. The molecule has 3 rings (SSSR count). The molecule has 0 saturated carbocycles. The number of hydrogen-bond donors (Lipinski definition) is 2. The highest BCUT2D eigenvalue weighted by Crippen LogP contribution is 2.20. The molecule has 2 N–H and O–H groups in total. The third-order valence-electron chi connectivity index (χ3n) is 4.84. The summed E-state index contributed by atoms with van der Waals surface area (Å²) < 4.78 is 5.45.